The first kappa shape index (κ1) is 15.3. The van der Waals surface area contributed by atoms with Gasteiger partial charge in [0.15, 0.2) is 5.78 Å². The van der Waals surface area contributed by atoms with Crippen LogP contribution in [0.4, 0.5) is 17.5 Å². The number of nitrogens with one attached hydrogen (secondary N) is 1. The molecule has 0 radical (unpaired) electrons. The van der Waals surface area contributed by atoms with Crippen molar-refractivity contribution < 1.29 is 9.53 Å². The molecule has 23 heavy (non-hydrogen) atoms. The van der Waals surface area contributed by atoms with Crippen molar-refractivity contribution in [3.63, 3.8) is 0 Å². The Hall–Kier alpha value is -2.63. The number of nitrogens with zero attached hydrogens (tertiary/aromatic N) is 2. The van der Waals surface area contributed by atoms with Gasteiger partial charge in [0.2, 0.25) is 5.95 Å². The summed E-state index contributed by atoms with van der Waals surface area (Å²) in [5.74, 6) is 1.43. The molecule has 0 fully saturated rings. The Morgan fingerprint density at radius 1 is 1.17 bits per heavy atom. The zero-order chi connectivity index (χ0) is 16.6. The van der Waals surface area contributed by atoms with Crippen LogP contribution in [0.15, 0.2) is 24.3 Å². The molecule has 0 bridgehead atoms. The average Bonchev–Trinajstić information content (AvgIpc) is 2.45. The SMILES string of the molecule is COc1ccc(Nc2nc(N)c3c(n2)CC(C)(C)CC3=O)cc1. The number of ketones is 1. The Balaban J connectivity index is 1.92. The van der Waals surface area contributed by atoms with Crippen LogP contribution in [0, 0.1) is 5.41 Å². The zero-order valence-electron chi connectivity index (χ0n) is 13.5. The second-order valence-electron chi connectivity index (χ2n) is 6.55. The van der Waals surface area contributed by atoms with E-state index in [2.05, 4.69) is 29.1 Å². The molecule has 3 N–H and O–H groups in total. The molecule has 0 amide bonds. The number of benzene rings is 1. The molecule has 120 valence electrons. The highest BCUT2D eigenvalue weighted by Gasteiger charge is 2.34. The third-order valence-electron chi connectivity index (χ3n) is 3.92. The molecular weight excluding hydrogens is 292 g/mol. The number of carbonyl (C=O) groups is 1. The lowest BCUT2D eigenvalue weighted by Crippen LogP contribution is -2.29. The van der Waals surface area contributed by atoms with Crippen molar-refractivity contribution in [1.82, 2.24) is 9.97 Å². The number of Topliss-reactive ketones (excluding diaryl/α,β-unsaturated/α-hetero) is 1. The van der Waals surface area contributed by atoms with Gasteiger partial charge in [0.1, 0.15) is 11.6 Å². The number of rotatable bonds is 3. The largest absolute Gasteiger partial charge is 0.497 e. The molecule has 0 spiro atoms. The van der Waals surface area contributed by atoms with Crippen LogP contribution in [-0.2, 0) is 6.42 Å². The number of aromatic nitrogens is 2. The highest BCUT2D eigenvalue weighted by molar-refractivity contribution is 6.02. The first-order valence-corrected chi connectivity index (χ1v) is 7.49. The van der Waals surface area contributed by atoms with E-state index in [-0.39, 0.29) is 17.0 Å². The van der Waals surface area contributed by atoms with E-state index in [4.69, 9.17) is 10.5 Å². The van der Waals surface area contributed by atoms with Crippen LogP contribution < -0.4 is 15.8 Å². The van der Waals surface area contributed by atoms with Crippen molar-refractivity contribution in [1.29, 1.82) is 0 Å². The molecule has 1 aromatic heterocycles. The van der Waals surface area contributed by atoms with E-state index in [1.807, 2.05) is 24.3 Å². The van der Waals surface area contributed by atoms with Crippen LogP contribution in [0.3, 0.4) is 0 Å². The summed E-state index contributed by atoms with van der Waals surface area (Å²) in [6, 6.07) is 7.42. The topological polar surface area (TPSA) is 90.1 Å². The Morgan fingerprint density at radius 3 is 2.52 bits per heavy atom. The Kier molecular flexibility index (Phi) is 3.67. The molecular formula is C17H20N4O2. The molecule has 6 nitrogen and oxygen atoms in total. The molecule has 0 atom stereocenters. The summed E-state index contributed by atoms with van der Waals surface area (Å²) in [5.41, 5.74) is 7.90. The van der Waals surface area contributed by atoms with Gasteiger partial charge in [0, 0.05) is 12.1 Å². The van der Waals surface area contributed by atoms with Gasteiger partial charge >= 0.3 is 0 Å². The summed E-state index contributed by atoms with van der Waals surface area (Å²) in [6.45, 7) is 4.12. The van der Waals surface area contributed by atoms with E-state index in [0.717, 1.165) is 17.1 Å². The fourth-order valence-electron chi connectivity index (χ4n) is 2.86. The zero-order valence-corrected chi connectivity index (χ0v) is 13.5. The number of hydrogen-bond donors (Lipinski definition) is 2. The van der Waals surface area contributed by atoms with Gasteiger partial charge in [-0.1, -0.05) is 13.8 Å². The summed E-state index contributed by atoms with van der Waals surface area (Å²) in [7, 11) is 1.62. The number of carbonyl (C=O) groups excluding carboxylic acids is 1. The lowest BCUT2D eigenvalue weighted by atomic mass is 9.76. The van der Waals surface area contributed by atoms with Gasteiger partial charge in [0.05, 0.1) is 18.4 Å². The monoisotopic (exact) mass is 312 g/mol. The third kappa shape index (κ3) is 3.11. The molecule has 1 aromatic carbocycles. The number of nitrogens with two attached hydrogens (primary N) is 1. The minimum absolute atomic E-state index is 0.0183. The Morgan fingerprint density at radius 2 is 1.87 bits per heavy atom. The van der Waals surface area contributed by atoms with Crippen LogP contribution in [0.1, 0.15) is 36.3 Å². The Bertz CT molecular complexity index is 754. The number of fused-ring (bicyclic) bond motifs is 1. The molecule has 1 aliphatic rings. The fraction of sp³-hybridized carbons (Fsp3) is 0.353. The van der Waals surface area contributed by atoms with Gasteiger partial charge in [0.25, 0.3) is 0 Å². The number of hydrogen-bond acceptors (Lipinski definition) is 6. The third-order valence-corrected chi connectivity index (χ3v) is 3.92. The predicted octanol–water partition coefficient (Wildman–Crippen LogP) is 2.97. The molecule has 3 rings (SSSR count). The first-order valence-electron chi connectivity index (χ1n) is 7.49. The number of ether oxygens (including phenoxy) is 1. The highest BCUT2D eigenvalue weighted by atomic mass is 16.5. The summed E-state index contributed by atoms with van der Waals surface area (Å²) in [5, 5.41) is 3.12. The van der Waals surface area contributed by atoms with Crippen molar-refractivity contribution in [2.75, 3.05) is 18.2 Å². The van der Waals surface area contributed by atoms with Gasteiger partial charge in [-0.05, 0) is 36.1 Å². The number of methoxy groups -OCH3 is 1. The fourth-order valence-corrected chi connectivity index (χ4v) is 2.86. The van der Waals surface area contributed by atoms with Gasteiger partial charge in [-0.3, -0.25) is 4.79 Å². The second kappa shape index (κ2) is 5.53. The Labute approximate surface area is 135 Å². The van der Waals surface area contributed by atoms with E-state index in [9.17, 15) is 4.79 Å². The van der Waals surface area contributed by atoms with E-state index >= 15 is 0 Å². The molecule has 0 saturated heterocycles. The highest BCUT2D eigenvalue weighted by Crippen LogP contribution is 2.36. The van der Waals surface area contributed by atoms with E-state index in [1.54, 1.807) is 7.11 Å². The van der Waals surface area contributed by atoms with E-state index in [0.29, 0.717) is 24.4 Å². The summed E-state index contributed by atoms with van der Waals surface area (Å²) < 4.78 is 5.13. The summed E-state index contributed by atoms with van der Waals surface area (Å²) in [4.78, 5) is 21.0. The number of anilines is 3. The minimum Gasteiger partial charge on any atom is -0.497 e. The normalized spacial score (nSPS) is 15.9. The summed E-state index contributed by atoms with van der Waals surface area (Å²) >= 11 is 0. The van der Waals surface area contributed by atoms with Crippen molar-refractivity contribution in [2.45, 2.75) is 26.7 Å². The van der Waals surface area contributed by atoms with Gasteiger partial charge in [-0.25, -0.2) is 4.98 Å². The minimum atomic E-state index is -0.109. The quantitative estimate of drug-likeness (QED) is 0.905. The molecule has 1 heterocycles. The first-order chi connectivity index (χ1) is 10.9. The van der Waals surface area contributed by atoms with Crippen LogP contribution in [0.2, 0.25) is 0 Å². The van der Waals surface area contributed by atoms with E-state index in [1.165, 1.54) is 0 Å². The maximum absolute atomic E-state index is 12.3. The number of nitrogen functional groups attached to an aromatic ring is 1. The lowest BCUT2D eigenvalue weighted by Gasteiger charge is -2.29. The second-order valence-corrected chi connectivity index (χ2v) is 6.55. The maximum atomic E-state index is 12.3. The standard InChI is InChI=1S/C17H20N4O2/c1-17(2)8-12-14(13(22)9-17)15(18)21-16(20-12)19-10-4-6-11(23-3)7-5-10/h4-7H,8-9H2,1-3H3,(H3,18,19,20,21). The van der Waals surface area contributed by atoms with Crippen LogP contribution >= 0.6 is 0 Å². The molecule has 6 heteroatoms. The van der Waals surface area contributed by atoms with Crippen LogP contribution in [0.25, 0.3) is 0 Å². The predicted molar refractivity (Wildman–Crippen MR) is 89.2 cm³/mol. The van der Waals surface area contributed by atoms with Crippen molar-refractivity contribution in [2.24, 2.45) is 5.41 Å². The molecule has 0 aliphatic heterocycles. The molecule has 1 aliphatic carbocycles. The lowest BCUT2D eigenvalue weighted by molar-refractivity contribution is 0.0911. The van der Waals surface area contributed by atoms with Crippen LogP contribution in [-0.4, -0.2) is 22.9 Å². The molecule has 0 saturated carbocycles. The van der Waals surface area contributed by atoms with Crippen molar-refractivity contribution in [3.05, 3.63) is 35.5 Å². The molecule has 2 aromatic rings. The molecule has 0 unspecified atom stereocenters. The van der Waals surface area contributed by atoms with Crippen LogP contribution in [0.5, 0.6) is 5.75 Å². The van der Waals surface area contributed by atoms with Gasteiger partial charge in [-0.15, -0.1) is 0 Å². The van der Waals surface area contributed by atoms with Crippen molar-refractivity contribution in [3.8, 4) is 5.75 Å². The van der Waals surface area contributed by atoms with E-state index < -0.39 is 0 Å². The van der Waals surface area contributed by atoms with Gasteiger partial charge < -0.3 is 15.8 Å². The van der Waals surface area contributed by atoms with Crippen molar-refractivity contribution >= 4 is 23.2 Å². The smallest absolute Gasteiger partial charge is 0.229 e. The summed E-state index contributed by atoms with van der Waals surface area (Å²) in [6.07, 6.45) is 1.18. The van der Waals surface area contributed by atoms with Gasteiger partial charge in [-0.2, -0.15) is 4.98 Å². The maximum Gasteiger partial charge on any atom is 0.229 e. The average molecular weight is 312 g/mol.